The maximum Gasteiger partial charge on any atom is 0.332 e. The number of fused-ring (bicyclic) bond motifs is 1. The van der Waals surface area contributed by atoms with Crippen LogP contribution >= 0.6 is 22.9 Å². The number of rotatable bonds is 6. The largest absolute Gasteiger partial charge is 0.332 e. The van der Waals surface area contributed by atoms with E-state index in [9.17, 15) is 14.4 Å². The summed E-state index contributed by atoms with van der Waals surface area (Å²) in [5.74, 6) is -0.245. The SMILES string of the molecule is Cn1c(=O)c2c(ncn2CCCC(=O)N=c2sccn2Cc2ccccc2Cl)n(C)c1=O. The third-order valence-corrected chi connectivity index (χ3v) is 6.35. The molecular formula is C21H21ClN6O3S. The van der Waals surface area contributed by atoms with E-state index >= 15 is 0 Å². The van der Waals surface area contributed by atoms with Crippen molar-refractivity contribution in [2.24, 2.45) is 19.1 Å². The van der Waals surface area contributed by atoms with E-state index in [1.807, 2.05) is 40.4 Å². The van der Waals surface area contributed by atoms with Gasteiger partial charge in [-0.1, -0.05) is 29.8 Å². The van der Waals surface area contributed by atoms with E-state index in [-0.39, 0.29) is 12.3 Å². The lowest BCUT2D eigenvalue weighted by atomic mass is 10.2. The van der Waals surface area contributed by atoms with E-state index in [4.69, 9.17) is 11.6 Å². The van der Waals surface area contributed by atoms with E-state index in [1.165, 1.54) is 29.3 Å². The zero-order valence-electron chi connectivity index (χ0n) is 17.6. The highest BCUT2D eigenvalue weighted by Crippen LogP contribution is 2.15. The van der Waals surface area contributed by atoms with Crippen molar-refractivity contribution in [2.75, 3.05) is 0 Å². The van der Waals surface area contributed by atoms with Crippen molar-refractivity contribution in [1.82, 2.24) is 23.3 Å². The molecule has 0 unspecified atom stereocenters. The maximum absolute atomic E-state index is 12.5. The molecule has 166 valence electrons. The first kappa shape index (κ1) is 22.0. The number of carbonyl (C=O) groups excluding carboxylic acids is 1. The van der Waals surface area contributed by atoms with E-state index in [0.717, 1.165) is 10.1 Å². The molecule has 1 amide bonds. The second-order valence-electron chi connectivity index (χ2n) is 7.33. The molecule has 4 aromatic rings. The number of thiazole rings is 1. The third kappa shape index (κ3) is 4.23. The Morgan fingerprint density at radius 1 is 1.16 bits per heavy atom. The molecule has 9 nitrogen and oxygen atoms in total. The van der Waals surface area contributed by atoms with Crippen molar-refractivity contribution < 1.29 is 4.79 Å². The standard InChI is InChI=1S/C21H21ClN6O3S/c1-25-18-17(19(30)26(2)21(25)31)28(13-23-18)9-5-8-16(29)24-20-27(10-11-32-20)12-14-6-3-4-7-15(14)22/h3-4,6-7,10-11,13H,5,8-9,12H2,1-2H3. The number of hydrogen-bond acceptors (Lipinski definition) is 5. The van der Waals surface area contributed by atoms with Crippen LogP contribution < -0.4 is 16.1 Å². The average Bonchev–Trinajstić information content (AvgIpc) is 3.39. The summed E-state index contributed by atoms with van der Waals surface area (Å²) >= 11 is 7.62. The summed E-state index contributed by atoms with van der Waals surface area (Å²) in [5.41, 5.74) is 0.783. The predicted molar refractivity (Wildman–Crippen MR) is 123 cm³/mol. The molecule has 0 atom stereocenters. The molecule has 0 N–H and O–H groups in total. The molecule has 0 radical (unpaired) electrons. The molecule has 0 fully saturated rings. The number of imidazole rings is 1. The number of amides is 1. The van der Waals surface area contributed by atoms with Crippen LogP contribution in [0.2, 0.25) is 5.02 Å². The van der Waals surface area contributed by atoms with Crippen LogP contribution in [-0.4, -0.2) is 29.2 Å². The second kappa shape index (κ2) is 9.09. The molecule has 4 rings (SSSR count). The fourth-order valence-corrected chi connectivity index (χ4v) is 4.39. The van der Waals surface area contributed by atoms with Gasteiger partial charge in [0.1, 0.15) is 0 Å². The first-order chi connectivity index (χ1) is 15.4. The van der Waals surface area contributed by atoms with Crippen molar-refractivity contribution >= 4 is 40.0 Å². The van der Waals surface area contributed by atoms with Crippen molar-refractivity contribution in [3.8, 4) is 0 Å². The van der Waals surface area contributed by atoms with E-state index in [1.54, 1.807) is 11.6 Å². The summed E-state index contributed by atoms with van der Waals surface area (Å²) in [4.78, 5) is 46.0. The van der Waals surface area contributed by atoms with Crippen molar-refractivity contribution in [3.63, 3.8) is 0 Å². The zero-order valence-corrected chi connectivity index (χ0v) is 19.1. The lowest BCUT2D eigenvalue weighted by molar-refractivity contribution is -0.118. The topological polar surface area (TPSA) is 96.2 Å². The summed E-state index contributed by atoms with van der Waals surface area (Å²) < 4.78 is 5.95. The number of aryl methyl sites for hydroxylation is 2. The number of halogens is 1. The average molecular weight is 473 g/mol. The third-order valence-electron chi connectivity index (χ3n) is 5.19. The highest BCUT2D eigenvalue weighted by atomic mass is 35.5. The summed E-state index contributed by atoms with van der Waals surface area (Å²) in [6.07, 6.45) is 4.09. The van der Waals surface area contributed by atoms with E-state index in [2.05, 4.69) is 9.98 Å². The van der Waals surface area contributed by atoms with Crippen LogP contribution in [0, 0.1) is 0 Å². The molecule has 11 heteroatoms. The molecular weight excluding hydrogens is 452 g/mol. The van der Waals surface area contributed by atoms with Gasteiger partial charge in [0.25, 0.3) is 5.56 Å². The predicted octanol–water partition coefficient (Wildman–Crippen LogP) is 1.91. The Hall–Kier alpha value is -3.24. The minimum Gasteiger partial charge on any atom is -0.325 e. The van der Waals surface area contributed by atoms with Crippen LogP contribution in [0.1, 0.15) is 18.4 Å². The molecule has 32 heavy (non-hydrogen) atoms. The van der Waals surface area contributed by atoms with E-state index in [0.29, 0.717) is 40.5 Å². The number of hydrogen-bond donors (Lipinski definition) is 0. The van der Waals surface area contributed by atoms with Gasteiger partial charge in [-0.15, -0.1) is 11.3 Å². The summed E-state index contributed by atoms with van der Waals surface area (Å²) in [5, 5.41) is 2.54. The van der Waals surface area contributed by atoms with Gasteiger partial charge in [0.15, 0.2) is 16.0 Å². The van der Waals surface area contributed by atoms with Gasteiger partial charge in [0.05, 0.1) is 12.9 Å². The van der Waals surface area contributed by atoms with Gasteiger partial charge >= 0.3 is 5.69 Å². The van der Waals surface area contributed by atoms with Gasteiger partial charge in [-0.3, -0.25) is 18.7 Å². The number of carbonyl (C=O) groups is 1. The Bertz CT molecular complexity index is 1490. The molecule has 1 aromatic carbocycles. The molecule has 0 aliphatic carbocycles. The Morgan fingerprint density at radius 3 is 2.72 bits per heavy atom. The van der Waals surface area contributed by atoms with Gasteiger partial charge in [-0.25, -0.2) is 9.78 Å². The molecule has 0 aliphatic rings. The van der Waals surface area contributed by atoms with Gasteiger partial charge < -0.3 is 9.13 Å². The van der Waals surface area contributed by atoms with Crippen LogP contribution in [0.5, 0.6) is 0 Å². The highest BCUT2D eigenvalue weighted by molar-refractivity contribution is 7.07. The molecule has 0 saturated carbocycles. The highest BCUT2D eigenvalue weighted by Gasteiger charge is 2.14. The monoisotopic (exact) mass is 472 g/mol. The Balaban J connectivity index is 1.47. The summed E-state index contributed by atoms with van der Waals surface area (Å²) in [7, 11) is 3.01. The van der Waals surface area contributed by atoms with Gasteiger partial charge in [-0.05, 0) is 18.1 Å². The molecule has 0 spiro atoms. The van der Waals surface area contributed by atoms with Crippen LogP contribution in [0.15, 0.2) is 56.8 Å². The van der Waals surface area contributed by atoms with Crippen LogP contribution in [0.25, 0.3) is 11.2 Å². The number of benzene rings is 1. The van der Waals surface area contributed by atoms with Crippen molar-refractivity contribution in [3.05, 3.63) is 78.4 Å². The summed E-state index contributed by atoms with van der Waals surface area (Å²) in [6, 6.07) is 7.56. The first-order valence-electron chi connectivity index (χ1n) is 9.92. The normalized spacial score (nSPS) is 12.0. The quantitative estimate of drug-likeness (QED) is 0.428. The summed E-state index contributed by atoms with van der Waals surface area (Å²) in [6.45, 7) is 0.938. The lowest BCUT2D eigenvalue weighted by Crippen LogP contribution is -2.37. The van der Waals surface area contributed by atoms with Crippen LogP contribution in [0.3, 0.4) is 0 Å². The molecule has 0 aliphatic heterocycles. The van der Waals surface area contributed by atoms with Crippen LogP contribution in [0.4, 0.5) is 0 Å². The molecule has 3 aromatic heterocycles. The van der Waals surface area contributed by atoms with Gasteiger partial charge in [0, 0.05) is 43.7 Å². The van der Waals surface area contributed by atoms with E-state index < -0.39 is 11.2 Å². The Kier molecular flexibility index (Phi) is 6.24. The maximum atomic E-state index is 12.5. The Labute approximate surface area is 191 Å². The molecule has 0 saturated heterocycles. The number of nitrogens with zero attached hydrogens (tertiary/aromatic N) is 6. The Morgan fingerprint density at radius 2 is 1.94 bits per heavy atom. The molecule has 0 bridgehead atoms. The zero-order chi connectivity index (χ0) is 22.8. The fraction of sp³-hybridized carbons (Fsp3) is 0.286. The van der Waals surface area contributed by atoms with Gasteiger partial charge in [-0.2, -0.15) is 4.99 Å². The minimum absolute atomic E-state index is 0.218. The van der Waals surface area contributed by atoms with Crippen molar-refractivity contribution in [1.29, 1.82) is 0 Å². The number of aromatic nitrogens is 5. The lowest BCUT2D eigenvalue weighted by Gasteiger charge is -2.06. The second-order valence-corrected chi connectivity index (χ2v) is 8.61. The van der Waals surface area contributed by atoms with Crippen LogP contribution in [-0.2, 0) is 32.0 Å². The minimum atomic E-state index is -0.428. The first-order valence-corrected chi connectivity index (χ1v) is 11.2. The van der Waals surface area contributed by atoms with Gasteiger partial charge in [0.2, 0.25) is 5.91 Å². The fourth-order valence-electron chi connectivity index (χ4n) is 3.45. The van der Waals surface area contributed by atoms with Crippen molar-refractivity contribution in [2.45, 2.75) is 25.9 Å². The smallest absolute Gasteiger partial charge is 0.325 e. The molecule has 3 heterocycles.